The third-order valence-corrected chi connectivity index (χ3v) is 14.0. The van der Waals surface area contributed by atoms with Gasteiger partial charge in [0.05, 0.1) is 11.0 Å². The van der Waals surface area contributed by atoms with Crippen molar-refractivity contribution < 1.29 is 23.9 Å². The van der Waals surface area contributed by atoms with Crippen molar-refractivity contribution in [3.8, 4) is 0 Å². The van der Waals surface area contributed by atoms with Gasteiger partial charge in [-0.2, -0.15) is 0 Å². The lowest BCUT2D eigenvalue weighted by Crippen LogP contribution is -2.77. The summed E-state index contributed by atoms with van der Waals surface area (Å²) in [4.78, 5) is 43.0. The Morgan fingerprint density at radius 1 is 0.938 bits per heavy atom. The van der Waals surface area contributed by atoms with Crippen LogP contribution < -0.4 is 5.73 Å². The molecule has 256 valence electrons. The molecule has 2 heterocycles. The zero-order valence-electron chi connectivity index (χ0n) is 28.5. The fourth-order valence-electron chi connectivity index (χ4n) is 12.1. The third kappa shape index (κ3) is 4.56. The van der Waals surface area contributed by atoms with Crippen molar-refractivity contribution in [2.24, 2.45) is 46.2 Å². The summed E-state index contributed by atoms with van der Waals surface area (Å²) in [6.07, 6.45) is 29.0. The molecule has 3 saturated carbocycles. The number of benzene rings is 1. The van der Waals surface area contributed by atoms with Crippen LogP contribution in [0, 0.1) is 40.4 Å². The predicted octanol–water partition coefficient (Wildman–Crippen LogP) is 8.08. The Hall–Kier alpha value is -2.99. The molecule has 0 bridgehead atoms. The fourth-order valence-corrected chi connectivity index (χ4v) is 12.1. The van der Waals surface area contributed by atoms with Crippen LogP contribution in [0.3, 0.4) is 0 Å². The first-order valence-electron chi connectivity index (χ1n) is 19.3. The number of rotatable bonds is 11. The number of esters is 2. The number of ketones is 1. The number of Topliss-reactive ketones (excluding diaryl/α,β-unsaturated/α-hetero) is 1. The van der Waals surface area contributed by atoms with Crippen molar-refractivity contribution in [2.75, 3.05) is 6.54 Å². The quantitative estimate of drug-likeness (QED) is 0.192. The van der Waals surface area contributed by atoms with E-state index in [1.54, 1.807) is 0 Å². The maximum atomic E-state index is 14.5. The summed E-state index contributed by atoms with van der Waals surface area (Å²) >= 11 is 0. The van der Waals surface area contributed by atoms with Gasteiger partial charge in [-0.1, -0.05) is 93.2 Å². The smallest absolute Gasteiger partial charge is 0.339 e. The molecule has 1 spiro atoms. The summed E-state index contributed by atoms with van der Waals surface area (Å²) in [5, 5.41) is 0. The van der Waals surface area contributed by atoms with E-state index in [0.717, 1.165) is 49.7 Å². The molecule has 7 aliphatic rings. The van der Waals surface area contributed by atoms with Crippen LogP contribution in [0.4, 0.5) is 0 Å². The van der Waals surface area contributed by atoms with E-state index in [4.69, 9.17) is 15.2 Å². The number of ether oxygens (including phenoxy) is 2. The number of hydrogen-bond donors (Lipinski definition) is 1. The highest BCUT2D eigenvalue weighted by molar-refractivity contribution is 6.01. The second-order valence-electron chi connectivity index (χ2n) is 16.1. The number of cyclic esters (lactones) is 1. The molecule has 8 atom stereocenters. The van der Waals surface area contributed by atoms with Crippen LogP contribution in [0.2, 0.25) is 0 Å². The van der Waals surface area contributed by atoms with Crippen LogP contribution in [0.25, 0.3) is 0 Å². The summed E-state index contributed by atoms with van der Waals surface area (Å²) in [5.74, 6) is 1.51. The van der Waals surface area contributed by atoms with Crippen molar-refractivity contribution in [1.82, 2.24) is 0 Å². The second-order valence-corrected chi connectivity index (χ2v) is 16.1. The monoisotopic (exact) mass is 651 g/mol. The molecule has 1 saturated heterocycles. The third-order valence-electron chi connectivity index (χ3n) is 14.0. The first kappa shape index (κ1) is 32.2. The van der Waals surface area contributed by atoms with E-state index in [0.29, 0.717) is 55.0 Å². The molecule has 5 aliphatic carbocycles. The number of hydrogen-bond acceptors (Lipinski definition) is 6. The molecule has 0 aromatic heterocycles. The average Bonchev–Trinajstić information content (AvgIpc) is 3.57. The highest BCUT2D eigenvalue weighted by atomic mass is 16.6. The van der Waals surface area contributed by atoms with E-state index in [2.05, 4.69) is 36.5 Å². The first-order valence-corrected chi connectivity index (χ1v) is 19.3. The number of carbonyl (C=O) groups excluding carboxylic acids is 3. The van der Waals surface area contributed by atoms with Crippen molar-refractivity contribution in [3.63, 3.8) is 0 Å². The number of allylic oxidation sites excluding steroid dienone is 5. The summed E-state index contributed by atoms with van der Waals surface area (Å²) in [7, 11) is 0. The Labute approximate surface area is 286 Å². The van der Waals surface area contributed by atoms with Gasteiger partial charge in [0, 0.05) is 17.9 Å². The first-order chi connectivity index (χ1) is 23.5. The normalized spacial score (nSPS) is 37.7. The van der Waals surface area contributed by atoms with E-state index < -0.39 is 22.5 Å². The van der Waals surface area contributed by atoms with Crippen LogP contribution in [-0.4, -0.2) is 30.4 Å². The minimum atomic E-state index is -1.06. The van der Waals surface area contributed by atoms with Gasteiger partial charge in [-0.3, -0.25) is 9.59 Å². The molecular weight excluding hydrogens is 598 g/mol. The lowest BCUT2D eigenvalue weighted by Gasteiger charge is -2.69. The van der Waals surface area contributed by atoms with Crippen LogP contribution in [0.5, 0.6) is 0 Å². The van der Waals surface area contributed by atoms with E-state index in [1.165, 1.54) is 51.4 Å². The van der Waals surface area contributed by atoms with Crippen molar-refractivity contribution in [2.45, 2.75) is 121 Å². The van der Waals surface area contributed by atoms with Gasteiger partial charge in [-0.25, -0.2) is 4.79 Å². The molecule has 6 nitrogen and oxygen atoms in total. The van der Waals surface area contributed by atoms with Gasteiger partial charge in [0.1, 0.15) is 5.41 Å². The minimum Gasteiger partial charge on any atom is -0.453 e. The van der Waals surface area contributed by atoms with Gasteiger partial charge in [0.2, 0.25) is 0 Å². The Bertz CT molecular complexity index is 1540. The SMILES string of the molecule is NCCCc1cccc2c1C(=O)O[C@]21[C@@H](CCC2CCCCC2)[C@]23C=CCC[C@@]21[C@H](C(=O)CCC[C@H]1CCC[C@H]2C=CC=C[C@@H]12)OC3=O. The highest BCUT2D eigenvalue weighted by Gasteiger charge is 2.92. The lowest BCUT2D eigenvalue weighted by atomic mass is 9.31. The molecule has 0 amide bonds. The van der Waals surface area contributed by atoms with Crippen LogP contribution >= 0.6 is 0 Å². The Balaban J connectivity index is 1.13. The predicted molar refractivity (Wildman–Crippen MR) is 185 cm³/mol. The summed E-state index contributed by atoms with van der Waals surface area (Å²) in [6, 6.07) is 6.09. The number of nitrogens with two attached hydrogens (primary N) is 1. The zero-order chi connectivity index (χ0) is 32.9. The van der Waals surface area contributed by atoms with Gasteiger partial charge < -0.3 is 15.2 Å². The topological polar surface area (TPSA) is 95.7 Å². The second kappa shape index (κ2) is 12.7. The maximum absolute atomic E-state index is 14.5. The molecule has 1 aromatic rings. The molecule has 6 heteroatoms. The van der Waals surface area contributed by atoms with E-state index in [1.807, 2.05) is 18.2 Å². The largest absolute Gasteiger partial charge is 0.453 e. The van der Waals surface area contributed by atoms with Crippen LogP contribution in [-0.2, 0) is 31.1 Å². The Kier molecular flexibility index (Phi) is 8.54. The minimum absolute atomic E-state index is 0.000794. The van der Waals surface area contributed by atoms with Gasteiger partial charge >= 0.3 is 11.9 Å². The maximum Gasteiger partial charge on any atom is 0.339 e. The van der Waals surface area contributed by atoms with Gasteiger partial charge in [-0.05, 0) is 100.0 Å². The molecule has 4 fully saturated rings. The van der Waals surface area contributed by atoms with Gasteiger partial charge in [0.25, 0.3) is 0 Å². The average molecular weight is 652 g/mol. The Morgan fingerprint density at radius 3 is 2.65 bits per heavy atom. The van der Waals surface area contributed by atoms with E-state index >= 15 is 0 Å². The number of aryl methyl sites for hydroxylation is 1. The number of carbonyl (C=O) groups is 3. The van der Waals surface area contributed by atoms with Crippen LogP contribution in [0.15, 0.2) is 54.7 Å². The van der Waals surface area contributed by atoms with Crippen molar-refractivity contribution in [1.29, 1.82) is 0 Å². The summed E-state index contributed by atoms with van der Waals surface area (Å²) in [6.45, 7) is 0.542. The van der Waals surface area contributed by atoms with E-state index in [9.17, 15) is 14.4 Å². The molecule has 48 heavy (non-hydrogen) atoms. The van der Waals surface area contributed by atoms with Gasteiger partial charge in [-0.15, -0.1) is 0 Å². The molecule has 1 aromatic carbocycles. The molecule has 0 radical (unpaired) electrons. The van der Waals surface area contributed by atoms with Crippen LogP contribution in [0.1, 0.15) is 124 Å². The summed E-state index contributed by atoms with van der Waals surface area (Å²) in [5.41, 5.74) is 5.43. The lowest BCUT2D eigenvalue weighted by molar-refractivity contribution is -0.292. The van der Waals surface area contributed by atoms with Crippen molar-refractivity contribution in [3.05, 3.63) is 71.3 Å². The van der Waals surface area contributed by atoms with Crippen molar-refractivity contribution >= 4 is 17.7 Å². The summed E-state index contributed by atoms with van der Waals surface area (Å²) < 4.78 is 13.1. The Morgan fingerprint density at radius 2 is 1.79 bits per heavy atom. The standard InChI is InChI=1S/C42H53NO5/c43-27-11-19-31-18-9-21-33-36(31)38(45)48-42(33)35(24-23-28-12-2-1-3-13-28)40-25-6-7-26-41(40,42)37(47-39(40)46)34(44)22-10-17-30-16-8-15-29-14-4-5-20-32(29)30/h4-6,9,14,18,20-21,25,28-30,32,35,37H,1-3,7-8,10-13,15-17,19,22-24,26-27,43H2/t29-,30-,32-,35+,37+,40+,41-,42+/m1/s1. The number of fused-ring (bicyclic) bond motifs is 3. The highest BCUT2D eigenvalue weighted by Crippen LogP contribution is 2.83. The van der Waals surface area contributed by atoms with Gasteiger partial charge in [0.15, 0.2) is 17.5 Å². The molecule has 2 aliphatic heterocycles. The fraction of sp³-hybridized carbons (Fsp3) is 0.643. The zero-order valence-corrected chi connectivity index (χ0v) is 28.5. The molecule has 8 rings (SSSR count). The molecular formula is C42H53NO5. The molecule has 0 unspecified atom stereocenters. The van der Waals surface area contributed by atoms with E-state index in [-0.39, 0.29) is 23.6 Å². The molecule has 2 N–H and O–H groups in total.